The lowest BCUT2D eigenvalue weighted by Gasteiger charge is -2.12. The molecular formula is C13H28N. The molecule has 1 N–H and O–H groups in total. The lowest BCUT2D eigenvalue weighted by Crippen LogP contribution is -2.11. The van der Waals surface area contributed by atoms with E-state index in [1.54, 1.807) is 0 Å². The van der Waals surface area contributed by atoms with Gasteiger partial charge in [0.1, 0.15) is 0 Å². The van der Waals surface area contributed by atoms with Crippen molar-refractivity contribution in [3.05, 3.63) is 0 Å². The van der Waals surface area contributed by atoms with E-state index in [2.05, 4.69) is 20.8 Å². The van der Waals surface area contributed by atoms with Crippen molar-refractivity contribution in [2.24, 2.45) is 5.92 Å². The van der Waals surface area contributed by atoms with Gasteiger partial charge in [0.15, 0.2) is 0 Å². The van der Waals surface area contributed by atoms with E-state index in [0.717, 1.165) is 12.8 Å². The molecule has 1 heteroatoms. The summed E-state index contributed by atoms with van der Waals surface area (Å²) in [4.78, 5) is 0. The van der Waals surface area contributed by atoms with Crippen LogP contribution >= 0.6 is 0 Å². The van der Waals surface area contributed by atoms with E-state index >= 15 is 0 Å². The summed E-state index contributed by atoms with van der Waals surface area (Å²) in [7, 11) is 0. The molecule has 0 aromatic heterocycles. The largest absolute Gasteiger partial charge is 0.255 e. The van der Waals surface area contributed by atoms with Crippen LogP contribution in [0.25, 0.3) is 0 Å². The summed E-state index contributed by atoms with van der Waals surface area (Å²) in [6, 6.07) is 0.196. The zero-order valence-electron chi connectivity index (χ0n) is 10.3. The molecule has 0 saturated carbocycles. The Morgan fingerprint density at radius 3 is 2.07 bits per heavy atom. The van der Waals surface area contributed by atoms with Crippen LogP contribution in [0.15, 0.2) is 0 Å². The molecule has 0 heterocycles. The standard InChI is InChI=1S/C13H28N/c1-4-5-6-7-8-9-10-13(14)11-12(2)3/h12-14H,4-11H2,1-3H3. The normalized spacial score (nSPS) is 13.5. The summed E-state index contributed by atoms with van der Waals surface area (Å²) in [6.45, 7) is 6.67. The minimum Gasteiger partial charge on any atom is -0.255 e. The third-order valence-electron chi connectivity index (χ3n) is 2.66. The lowest BCUT2D eigenvalue weighted by atomic mass is 9.99. The molecule has 0 aromatic carbocycles. The van der Waals surface area contributed by atoms with Gasteiger partial charge in [0, 0.05) is 6.04 Å². The van der Waals surface area contributed by atoms with Crippen LogP contribution in [0.4, 0.5) is 0 Å². The van der Waals surface area contributed by atoms with Crippen molar-refractivity contribution >= 4 is 0 Å². The Kier molecular flexibility index (Phi) is 9.49. The summed E-state index contributed by atoms with van der Waals surface area (Å²) in [5.41, 5.74) is 7.82. The van der Waals surface area contributed by atoms with Crippen molar-refractivity contribution in [1.29, 1.82) is 0 Å². The van der Waals surface area contributed by atoms with Crippen molar-refractivity contribution in [1.82, 2.24) is 5.73 Å². The predicted molar refractivity (Wildman–Crippen MR) is 64.3 cm³/mol. The molecule has 85 valence electrons. The third kappa shape index (κ3) is 10.0. The Hall–Kier alpha value is -0.0400. The van der Waals surface area contributed by atoms with Gasteiger partial charge in [0.2, 0.25) is 0 Å². The quantitative estimate of drug-likeness (QED) is 0.489. The first-order valence-electron chi connectivity index (χ1n) is 6.38. The summed E-state index contributed by atoms with van der Waals surface area (Å²) in [6.07, 6.45) is 10.3. The number of hydrogen-bond donors (Lipinski definition) is 0. The summed E-state index contributed by atoms with van der Waals surface area (Å²) in [5, 5.41) is 0. The highest BCUT2D eigenvalue weighted by Gasteiger charge is 2.05. The van der Waals surface area contributed by atoms with E-state index in [9.17, 15) is 0 Å². The third-order valence-corrected chi connectivity index (χ3v) is 2.66. The van der Waals surface area contributed by atoms with Crippen LogP contribution in [0.2, 0.25) is 0 Å². The average molecular weight is 198 g/mol. The molecular weight excluding hydrogens is 170 g/mol. The Labute approximate surface area is 90.5 Å². The zero-order valence-corrected chi connectivity index (χ0v) is 10.3. The van der Waals surface area contributed by atoms with Gasteiger partial charge in [-0.15, -0.1) is 0 Å². The zero-order chi connectivity index (χ0) is 10.8. The van der Waals surface area contributed by atoms with Crippen molar-refractivity contribution in [3.63, 3.8) is 0 Å². The minimum absolute atomic E-state index is 0.196. The molecule has 0 aliphatic rings. The van der Waals surface area contributed by atoms with E-state index in [4.69, 9.17) is 5.73 Å². The molecule has 1 atom stereocenters. The molecule has 0 aliphatic heterocycles. The van der Waals surface area contributed by atoms with Gasteiger partial charge in [-0.25, -0.2) is 0 Å². The van der Waals surface area contributed by atoms with E-state index in [1.807, 2.05) is 0 Å². The van der Waals surface area contributed by atoms with Crippen LogP contribution in [-0.4, -0.2) is 6.04 Å². The second-order valence-corrected chi connectivity index (χ2v) is 4.88. The number of hydrogen-bond acceptors (Lipinski definition) is 0. The first-order chi connectivity index (χ1) is 6.66. The Balaban J connectivity index is 3.10. The molecule has 1 nitrogen and oxygen atoms in total. The van der Waals surface area contributed by atoms with Gasteiger partial charge in [-0.2, -0.15) is 0 Å². The molecule has 0 saturated heterocycles. The molecule has 0 rings (SSSR count). The van der Waals surface area contributed by atoms with E-state index < -0.39 is 0 Å². The molecule has 0 spiro atoms. The molecule has 14 heavy (non-hydrogen) atoms. The minimum atomic E-state index is 0.196. The smallest absolute Gasteiger partial charge is 0.0215 e. The number of rotatable bonds is 9. The fourth-order valence-electron chi connectivity index (χ4n) is 1.86. The van der Waals surface area contributed by atoms with Crippen LogP contribution in [0, 0.1) is 5.92 Å². The predicted octanol–water partition coefficient (Wildman–Crippen LogP) is 4.43. The van der Waals surface area contributed by atoms with Crippen LogP contribution in [0.1, 0.15) is 72.1 Å². The maximum atomic E-state index is 7.82. The Bertz CT molecular complexity index is 110. The second kappa shape index (κ2) is 9.51. The number of unbranched alkanes of at least 4 members (excludes halogenated alkanes) is 5. The summed E-state index contributed by atoms with van der Waals surface area (Å²) in [5.74, 6) is 0.692. The van der Waals surface area contributed by atoms with Gasteiger partial charge in [-0.1, -0.05) is 59.3 Å². The summed E-state index contributed by atoms with van der Waals surface area (Å²) < 4.78 is 0. The Morgan fingerprint density at radius 2 is 1.50 bits per heavy atom. The molecule has 0 aromatic rings. The maximum absolute atomic E-state index is 7.82. The fraction of sp³-hybridized carbons (Fsp3) is 1.00. The lowest BCUT2D eigenvalue weighted by molar-refractivity contribution is 0.443. The van der Waals surface area contributed by atoms with Crippen molar-refractivity contribution < 1.29 is 0 Å². The van der Waals surface area contributed by atoms with Gasteiger partial charge < -0.3 is 0 Å². The maximum Gasteiger partial charge on any atom is 0.0215 e. The molecule has 0 bridgehead atoms. The van der Waals surface area contributed by atoms with E-state index in [0.29, 0.717) is 5.92 Å². The van der Waals surface area contributed by atoms with Gasteiger partial charge >= 0.3 is 0 Å². The van der Waals surface area contributed by atoms with Crippen molar-refractivity contribution in [3.8, 4) is 0 Å². The van der Waals surface area contributed by atoms with Gasteiger partial charge in [-0.05, 0) is 18.8 Å². The van der Waals surface area contributed by atoms with Gasteiger partial charge in [0.05, 0.1) is 0 Å². The van der Waals surface area contributed by atoms with Gasteiger partial charge in [-0.3, -0.25) is 5.73 Å². The highest BCUT2D eigenvalue weighted by Crippen LogP contribution is 2.12. The first kappa shape index (κ1) is 14.0. The van der Waals surface area contributed by atoms with Crippen molar-refractivity contribution in [2.75, 3.05) is 0 Å². The van der Waals surface area contributed by atoms with Crippen LogP contribution in [0.3, 0.4) is 0 Å². The highest BCUT2D eigenvalue weighted by molar-refractivity contribution is 4.62. The molecule has 0 fully saturated rings. The molecule has 1 unspecified atom stereocenters. The highest BCUT2D eigenvalue weighted by atomic mass is 14.6. The molecule has 0 amide bonds. The molecule has 0 aliphatic carbocycles. The average Bonchev–Trinajstić information content (AvgIpc) is 2.10. The first-order valence-corrected chi connectivity index (χ1v) is 6.38. The SMILES string of the molecule is CCCCCCCCC([NH])CC(C)C. The van der Waals surface area contributed by atoms with Gasteiger partial charge in [0.25, 0.3) is 0 Å². The van der Waals surface area contributed by atoms with Crippen LogP contribution in [-0.2, 0) is 0 Å². The molecule has 1 radical (unpaired) electrons. The Morgan fingerprint density at radius 1 is 0.929 bits per heavy atom. The number of nitrogens with one attached hydrogen (secondary N) is 1. The topological polar surface area (TPSA) is 23.8 Å². The second-order valence-electron chi connectivity index (χ2n) is 4.88. The van der Waals surface area contributed by atoms with Crippen LogP contribution in [0.5, 0.6) is 0 Å². The van der Waals surface area contributed by atoms with Crippen molar-refractivity contribution in [2.45, 2.75) is 78.2 Å². The van der Waals surface area contributed by atoms with E-state index in [-0.39, 0.29) is 6.04 Å². The van der Waals surface area contributed by atoms with E-state index in [1.165, 1.54) is 38.5 Å². The summed E-state index contributed by atoms with van der Waals surface area (Å²) >= 11 is 0. The van der Waals surface area contributed by atoms with Crippen LogP contribution < -0.4 is 5.73 Å². The fourth-order valence-corrected chi connectivity index (χ4v) is 1.86. The monoisotopic (exact) mass is 198 g/mol.